The summed E-state index contributed by atoms with van der Waals surface area (Å²) in [7, 11) is 0. The van der Waals surface area contributed by atoms with Crippen molar-refractivity contribution >= 4 is 0 Å². The molecule has 74 heavy (non-hydrogen) atoms. The maximum Gasteiger partial charge on any atom is -0.0318 e. The van der Waals surface area contributed by atoms with E-state index in [9.17, 15) is 0 Å². The largest absolute Gasteiger partial charge is 0.0533 e. The minimum absolute atomic E-state index is 1.08. The van der Waals surface area contributed by atoms with Gasteiger partial charge in [-0.3, -0.25) is 0 Å². The minimum atomic E-state index is 1.08. The average molecular weight is 1010 g/mol. The van der Waals surface area contributed by atoms with Gasteiger partial charge in [0.2, 0.25) is 0 Å². The summed E-state index contributed by atoms with van der Waals surface area (Å²) in [5.74, 6) is 26.3. The Morgan fingerprint density at radius 1 is 0.108 bits per heavy atom. The van der Waals surface area contributed by atoms with Gasteiger partial charge in [-0.05, 0) is 181 Å². The van der Waals surface area contributed by atoms with Crippen molar-refractivity contribution in [2.45, 2.75) is 321 Å². The first kappa shape index (κ1) is 53.3. The second kappa shape index (κ2) is 25.4. The highest BCUT2D eigenvalue weighted by Crippen LogP contribution is 2.71. The van der Waals surface area contributed by atoms with Crippen LogP contribution in [0, 0.1) is 142 Å². The predicted molar refractivity (Wildman–Crippen MR) is 315 cm³/mol. The van der Waals surface area contributed by atoms with Crippen LogP contribution in [0.15, 0.2) is 0 Å². The molecule has 13 saturated carbocycles. The molecule has 0 N–H and O–H groups in total. The van der Waals surface area contributed by atoms with Crippen LogP contribution in [0.5, 0.6) is 0 Å². The summed E-state index contributed by atoms with van der Waals surface area (Å²) in [4.78, 5) is 0. The second-order valence-corrected chi connectivity index (χ2v) is 32.2. The molecule has 13 rings (SSSR count). The summed E-state index contributed by atoms with van der Waals surface area (Å²) < 4.78 is 0. The van der Waals surface area contributed by atoms with Crippen LogP contribution >= 0.6 is 0 Å². The SMILES string of the molecule is C1CCC(C2CC(C3C4CCCCC4C(C4CC(C5CCCCC5)C(C5CCCCC5)C(C5CCCCC5)C4C4CCCCC4)C4CCCCC43)C(C3CCCCC3)C(C3CCCCC3)C2C2CCCCC2)CC1. The highest BCUT2D eigenvalue weighted by molar-refractivity contribution is 5.12. The Balaban J connectivity index is 0.935. The molecule has 0 saturated heterocycles. The van der Waals surface area contributed by atoms with Crippen molar-refractivity contribution in [3.8, 4) is 0 Å². The zero-order valence-corrected chi connectivity index (χ0v) is 49.2. The molecule has 0 amide bonds. The molecule has 13 aliphatic carbocycles. The summed E-state index contributed by atoms with van der Waals surface area (Å²) in [5.41, 5.74) is 0. The molecule has 0 aromatic heterocycles. The first-order valence-corrected chi connectivity index (χ1v) is 36.8. The fourth-order valence-electron chi connectivity index (χ4n) is 27.1. The Hall–Kier alpha value is 0. The van der Waals surface area contributed by atoms with E-state index in [4.69, 9.17) is 0 Å². The van der Waals surface area contributed by atoms with Gasteiger partial charge in [0.15, 0.2) is 0 Å². The molecule has 0 nitrogen and oxygen atoms in total. The van der Waals surface area contributed by atoms with Crippen LogP contribution in [-0.4, -0.2) is 0 Å². The molecule has 14 unspecified atom stereocenters. The minimum Gasteiger partial charge on any atom is -0.0533 e. The van der Waals surface area contributed by atoms with Gasteiger partial charge in [0, 0.05) is 0 Å². The lowest BCUT2D eigenvalue weighted by Crippen LogP contribution is -2.61. The lowest BCUT2D eigenvalue weighted by Gasteiger charge is -2.67. The Kier molecular flexibility index (Phi) is 18.3. The smallest absolute Gasteiger partial charge is 0.0318 e. The van der Waals surface area contributed by atoms with E-state index in [-0.39, 0.29) is 0 Å². The van der Waals surface area contributed by atoms with Gasteiger partial charge in [-0.1, -0.05) is 283 Å². The van der Waals surface area contributed by atoms with Crippen molar-refractivity contribution < 1.29 is 0 Å². The molecule has 0 radical (unpaired) electrons. The van der Waals surface area contributed by atoms with Gasteiger partial charge in [0.05, 0.1) is 0 Å². The third-order valence-corrected chi connectivity index (χ3v) is 29.2. The Morgan fingerprint density at radius 2 is 0.284 bits per heavy atom. The molecule has 0 aliphatic heterocycles. The summed E-state index contributed by atoms with van der Waals surface area (Å²) in [5, 5.41) is 0. The molecule has 0 bridgehead atoms. The number of hydrogen-bond donors (Lipinski definition) is 0. The molecular weight excluding hydrogens is 889 g/mol. The van der Waals surface area contributed by atoms with E-state index < -0.39 is 0 Å². The molecule has 420 valence electrons. The lowest BCUT2D eigenvalue weighted by molar-refractivity contribution is -0.187. The van der Waals surface area contributed by atoms with Crippen LogP contribution in [-0.2, 0) is 0 Å². The normalized spacial score (nSPS) is 45.4. The fourth-order valence-corrected chi connectivity index (χ4v) is 27.1. The van der Waals surface area contributed by atoms with Gasteiger partial charge in [0.25, 0.3) is 0 Å². The van der Waals surface area contributed by atoms with Crippen molar-refractivity contribution in [3.63, 3.8) is 0 Å². The van der Waals surface area contributed by atoms with Crippen LogP contribution in [0.4, 0.5) is 0 Å². The van der Waals surface area contributed by atoms with Gasteiger partial charge in [-0.25, -0.2) is 0 Å². The van der Waals surface area contributed by atoms with Crippen molar-refractivity contribution in [1.82, 2.24) is 0 Å². The van der Waals surface area contributed by atoms with Gasteiger partial charge in [-0.15, -0.1) is 0 Å². The van der Waals surface area contributed by atoms with Crippen LogP contribution in [0.1, 0.15) is 321 Å². The lowest BCUT2D eigenvalue weighted by atomic mass is 9.38. The fraction of sp³-hybridized carbons (Fsp3) is 1.00. The average Bonchev–Trinajstić information content (AvgIpc) is 3.51. The van der Waals surface area contributed by atoms with E-state index in [2.05, 4.69) is 0 Å². The third-order valence-electron chi connectivity index (χ3n) is 29.2. The molecule has 0 heteroatoms. The zero-order valence-electron chi connectivity index (χ0n) is 49.2. The standard InChI is InChI=1S/C74H124/c1-9-29-51(30-10-1)63-49-65(69(55-37-17-5-18-38-55)71(57-41-21-7-22-42-57)67(63)53-33-13-3-14-34-53)73-59-45-25-27-47-61(59)74(62-48-28-26-46-60(62)73)66-50-64(52-31-11-2-12-32-52)68(54-35-15-4-16-36-54)72(58-43-23-8-24-44-58)70(66)56-39-19-6-20-40-56/h51-74H,1-50H2. The van der Waals surface area contributed by atoms with E-state index in [1.165, 1.54) is 0 Å². The van der Waals surface area contributed by atoms with E-state index in [0.717, 1.165) is 142 Å². The van der Waals surface area contributed by atoms with Gasteiger partial charge in [0.1, 0.15) is 0 Å². The highest BCUT2D eigenvalue weighted by atomic mass is 14.7. The summed E-state index contributed by atoms with van der Waals surface area (Å²) >= 11 is 0. The molecule has 0 aromatic carbocycles. The van der Waals surface area contributed by atoms with Gasteiger partial charge < -0.3 is 0 Å². The zero-order chi connectivity index (χ0) is 49.2. The Labute approximate surface area is 460 Å². The molecule has 0 aromatic rings. The van der Waals surface area contributed by atoms with E-state index in [1.807, 2.05) is 0 Å². The highest BCUT2D eigenvalue weighted by Gasteiger charge is 2.64. The molecule has 13 fully saturated rings. The molecule has 0 spiro atoms. The van der Waals surface area contributed by atoms with Crippen LogP contribution in [0.2, 0.25) is 0 Å². The van der Waals surface area contributed by atoms with E-state index in [1.54, 1.807) is 321 Å². The van der Waals surface area contributed by atoms with Crippen molar-refractivity contribution in [2.24, 2.45) is 142 Å². The Morgan fingerprint density at radius 3 is 0.514 bits per heavy atom. The quantitative estimate of drug-likeness (QED) is 0.205. The summed E-state index contributed by atoms with van der Waals surface area (Å²) in [6.45, 7) is 0. The maximum absolute atomic E-state index is 1.75. The topological polar surface area (TPSA) is 0 Å². The number of hydrogen-bond acceptors (Lipinski definition) is 0. The third kappa shape index (κ3) is 11.0. The van der Waals surface area contributed by atoms with Crippen molar-refractivity contribution in [3.05, 3.63) is 0 Å². The number of fused-ring (bicyclic) bond motifs is 2. The number of rotatable bonds is 10. The maximum atomic E-state index is 1.75. The van der Waals surface area contributed by atoms with Crippen molar-refractivity contribution in [2.75, 3.05) is 0 Å². The first-order chi connectivity index (χ1) is 36.8. The predicted octanol–water partition coefficient (Wildman–Crippen LogP) is 22.5. The van der Waals surface area contributed by atoms with Gasteiger partial charge >= 0.3 is 0 Å². The van der Waals surface area contributed by atoms with Crippen molar-refractivity contribution in [1.29, 1.82) is 0 Å². The molecule has 0 heterocycles. The van der Waals surface area contributed by atoms with E-state index in [0.29, 0.717) is 0 Å². The monoisotopic (exact) mass is 1010 g/mol. The molecular formula is C74H124. The van der Waals surface area contributed by atoms with Crippen LogP contribution < -0.4 is 0 Å². The summed E-state index contributed by atoms with van der Waals surface area (Å²) in [6.07, 6.45) is 80.7. The van der Waals surface area contributed by atoms with Gasteiger partial charge in [-0.2, -0.15) is 0 Å². The van der Waals surface area contributed by atoms with Crippen LogP contribution in [0.25, 0.3) is 0 Å². The Bertz CT molecular complexity index is 1500. The summed E-state index contributed by atoms with van der Waals surface area (Å²) in [6, 6.07) is 0. The van der Waals surface area contributed by atoms with Crippen LogP contribution in [0.3, 0.4) is 0 Å². The van der Waals surface area contributed by atoms with E-state index >= 15 is 0 Å². The first-order valence-electron chi connectivity index (χ1n) is 36.8. The molecule has 13 aliphatic rings. The second-order valence-electron chi connectivity index (χ2n) is 32.2. The molecule has 14 atom stereocenters.